The van der Waals surface area contributed by atoms with Crippen molar-refractivity contribution in [2.75, 3.05) is 13.2 Å². The van der Waals surface area contributed by atoms with Gasteiger partial charge < -0.3 is 13.9 Å². The van der Waals surface area contributed by atoms with Gasteiger partial charge >= 0.3 is 5.97 Å². The molecule has 1 rings (SSSR count). The van der Waals surface area contributed by atoms with Crippen LogP contribution in [0.5, 0.6) is 0 Å². The number of ether oxygens (including phenoxy) is 2. The van der Waals surface area contributed by atoms with E-state index in [-0.39, 0.29) is 36.2 Å². The van der Waals surface area contributed by atoms with Crippen molar-refractivity contribution in [3.63, 3.8) is 0 Å². The first-order chi connectivity index (χ1) is 8.67. The van der Waals surface area contributed by atoms with E-state index < -0.39 is 8.32 Å². The first-order valence-electron chi connectivity index (χ1n) is 6.56. The van der Waals surface area contributed by atoms with E-state index in [1.807, 2.05) is 0 Å². The van der Waals surface area contributed by atoms with E-state index in [0.29, 0.717) is 6.61 Å². The van der Waals surface area contributed by atoms with Crippen LogP contribution >= 0.6 is 0 Å². The SMILES string of the molecule is C#CCO[C@H]1CC(=O)O[C@@H]1CO[Si](C)(C)C(C)(C)C. The van der Waals surface area contributed by atoms with Crippen molar-refractivity contribution in [1.82, 2.24) is 0 Å². The normalized spacial score (nSPS) is 24.1. The highest BCUT2D eigenvalue weighted by Gasteiger charge is 2.41. The minimum atomic E-state index is -1.84. The molecule has 0 amide bonds. The third-order valence-corrected chi connectivity index (χ3v) is 8.36. The Morgan fingerprint density at radius 1 is 1.47 bits per heavy atom. The van der Waals surface area contributed by atoms with Crippen LogP contribution in [0.2, 0.25) is 18.1 Å². The highest BCUT2D eigenvalue weighted by molar-refractivity contribution is 6.74. The van der Waals surface area contributed by atoms with E-state index >= 15 is 0 Å². The Bertz CT molecular complexity index is 365. The van der Waals surface area contributed by atoms with Crippen molar-refractivity contribution in [1.29, 1.82) is 0 Å². The summed E-state index contributed by atoms with van der Waals surface area (Å²) < 4.78 is 16.7. The molecular formula is C14H24O4Si. The summed E-state index contributed by atoms with van der Waals surface area (Å²) >= 11 is 0. The molecule has 0 aromatic heterocycles. The third kappa shape index (κ3) is 4.34. The molecule has 1 fully saturated rings. The van der Waals surface area contributed by atoms with Crippen LogP contribution in [0.15, 0.2) is 0 Å². The van der Waals surface area contributed by atoms with Crippen LogP contribution in [-0.2, 0) is 18.7 Å². The number of hydrogen-bond donors (Lipinski definition) is 0. The number of cyclic esters (lactones) is 1. The summed E-state index contributed by atoms with van der Waals surface area (Å²) in [4.78, 5) is 11.4. The minimum Gasteiger partial charge on any atom is -0.457 e. The summed E-state index contributed by atoms with van der Waals surface area (Å²) in [7, 11) is -1.84. The van der Waals surface area contributed by atoms with Crippen LogP contribution in [0, 0.1) is 12.3 Å². The average Bonchev–Trinajstić information content (AvgIpc) is 2.63. The fourth-order valence-corrected chi connectivity index (χ4v) is 2.57. The van der Waals surface area contributed by atoms with Gasteiger partial charge in [-0.05, 0) is 18.1 Å². The number of carbonyl (C=O) groups is 1. The lowest BCUT2D eigenvalue weighted by Crippen LogP contribution is -2.44. The summed E-state index contributed by atoms with van der Waals surface area (Å²) in [6.07, 6.45) is 4.80. The molecule has 0 spiro atoms. The van der Waals surface area contributed by atoms with Crippen molar-refractivity contribution in [3.05, 3.63) is 0 Å². The number of terminal acetylenes is 1. The molecule has 0 N–H and O–H groups in total. The molecule has 5 heteroatoms. The maximum Gasteiger partial charge on any atom is 0.309 e. The van der Waals surface area contributed by atoms with E-state index in [4.69, 9.17) is 20.3 Å². The molecule has 0 aliphatic carbocycles. The zero-order valence-corrected chi connectivity index (χ0v) is 13.5. The molecule has 0 aromatic rings. The van der Waals surface area contributed by atoms with Crippen molar-refractivity contribution in [3.8, 4) is 12.3 Å². The number of carbonyl (C=O) groups excluding carboxylic acids is 1. The second-order valence-electron chi connectivity index (χ2n) is 6.36. The van der Waals surface area contributed by atoms with Gasteiger partial charge in [0.2, 0.25) is 0 Å². The van der Waals surface area contributed by atoms with E-state index in [0.717, 1.165) is 0 Å². The Morgan fingerprint density at radius 3 is 2.63 bits per heavy atom. The second-order valence-corrected chi connectivity index (χ2v) is 11.2. The lowest BCUT2D eigenvalue weighted by Gasteiger charge is -2.37. The number of rotatable bonds is 5. The molecule has 1 saturated heterocycles. The molecule has 0 radical (unpaired) electrons. The van der Waals surface area contributed by atoms with Crippen LogP contribution in [0.25, 0.3) is 0 Å². The summed E-state index contributed by atoms with van der Waals surface area (Å²) in [6, 6.07) is 0. The minimum absolute atomic E-state index is 0.130. The lowest BCUT2D eigenvalue weighted by molar-refractivity contribution is -0.143. The van der Waals surface area contributed by atoms with Gasteiger partial charge in [-0.3, -0.25) is 4.79 Å². The molecule has 1 aliphatic heterocycles. The molecule has 1 aliphatic rings. The maximum atomic E-state index is 11.4. The van der Waals surface area contributed by atoms with Gasteiger partial charge in [-0.2, -0.15) is 0 Å². The molecule has 4 nitrogen and oxygen atoms in total. The summed E-state index contributed by atoms with van der Waals surface area (Å²) in [5.41, 5.74) is 0. The zero-order valence-electron chi connectivity index (χ0n) is 12.5. The van der Waals surface area contributed by atoms with Crippen molar-refractivity contribution in [2.24, 2.45) is 0 Å². The quantitative estimate of drug-likeness (QED) is 0.441. The first-order valence-corrected chi connectivity index (χ1v) is 9.46. The largest absolute Gasteiger partial charge is 0.457 e. The lowest BCUT2D eigenvalue weighted by atomic mass is 10.2. The predicted octanol–water partition coefficient (Wildman–Crippen LogP) is 2.34. The summed E-state index contributed by atoms with van der Waals surface area (Å²) in [5, 5.41) is 0.130. The van der Waals surface area contributed by atoms with E-state index in [9.17, 15) is 4.79 Å². The van der Waals surface area contributed by atoms with Crippen molar-refractivity contribution in [2.45, 2.75) is 57.5 Å². The fourth-order valence-electron chi connectivity index (χ4n) is 1.56. The van der Waals surface area contributed by atoms with Crippen molar-refractivity contribution >= 4 is 14.3 Å². The molecule has 0 bridgehead atoms. The van der Waals surface area contributed by atoms with Crippen LogP contribution in [-0.4, -0.2) is 39.7 Å². The smallest absolute Gasteiger partial charge is 0.309 e. The first kappa shape index (κ1) is 16.2. The van der Waals surface area contributed by atoms with Gasteiger partial charge in [0.1, 0.15) is 12.7 Å². The topological polar surface area (TPSA) is 44.8 Å². The number of esters is 1. The zero-order chi connectivity index (χ0) is 14.7. The molecule has 19 heavy (non-hydrogen) atoms. The van der Waals surface area contributed by atoms with E-state index in [2.05, 4.69) is 39.8 Å². The molecule has 2 atom stereocenters. The van der Waals surface area contributed by atoms with Crippen LogP contribution in [0.4, 0.5) is 0 Å². The van der Waals surface area contributed by atoms with Crippen LogP contribution < -0.4 is 0 Å². The Kier molecular flexibility index (Phi) is 5.19. The average molecular weight is 284 g/mol. The maximum absolute atomic E-state index is 11.4. The van der Waals surface area contributed by atoms with E-state index in [1.54, 1.807) is 0 Å². The molecule has 0 unspecified atom stereocenters. The molecule has 0 aromatic carbocycles. The Labute approximate surface area is 116 Å². The van der Waals surface area contributed by atoms with Gasteiger partial charge in [0.15, 0.2) is 14.4 Å². The van der Waals surface area contributed by atoms with Gasteiger partial charge in [0, 0.05) is 0 Å². The Hall–Kier alpha value is -0.833. The number of hydrogen-bond acceptors (Lipinski definition) is 4. The highest BCUT2D eigenvalue weighted by Crippen LogP contribution is 2.37. The monoisotopic (exact) mass is 284 g/mol. The van der Waals surface area contributed by atoms with Crippen LogP contribution in [0.1, 0.15) is 27.2 Å². The Balaban J connectivity index is 2.56. The van der Waals surface area contributed by atoms with E-state index in [1.165, 1.54) is 0 Å². The summed E-state index contributed by atoms with van der Waals surface area (Å²) in [6.45, 7) is 11.4. The molecular weight excluding hydrogens is 260 g/mol. The van der Waals surface area contributed by atoms with Crippen molar-refractivity contribution < 1.29 is 18.7 Å². The molecule has 0 saturated carbocycles. The predicted molar refractivity (Wildman–Crippen MR) is 76.2 cm³/mol. The second kappa shape index (κ2) is 6.08. The van der Waals surface area contributed by atoms with Gasteiger partial charge in [0.25, 0.3) is 0 Å². The summed E-state index contributed by atoms with van der Waals surface area (Å²) in [5.74, 6) is 2.16. The van der Waals surface area contributed by atoms with Gasteiger partial charge in [-0.15, -0.1) is 6.42 Å². The molecule has 1 heterocycles. The van der Waals surface area contributed by atoms with Gasteiger partial charge in [-0.1, -0.05) is 26.7 Å². The Morgan fingerprint density at radius 2 is 2.11 bits per heavy atom. The van der Waals surface area contributed by atoms with Gasteiger partial charge in [-0.25, -0.2) is 0 Å². The molecule has 108 valence electrons. The van der Waals surface area contributed by atoms with Gasteiger partial charge in [0.05, 0.1) is 13.0 Å². The standard InChI is InChI=1S/C14H24O4Si/c1-7-8-16-11-9-13(15)18-12(11)10-17-19(5,6)14(2,3)4/h1,11-12H,8-10H2,2-6H3/t11-,12+/m0/s1. The fraction of sp³-hybridized carbons (Fsp3) is 0.786. The van der Waals surface area contributed by atoms with Crippen LogP contribution in [0.3, 0.4) is 0 Å². The third-order valence-electron chi connectivity index (χ3n) is 3.86. The highest BCUT2D eigenvalue weighted by atomic mass is 28.4.